The summed E-state index contributed by atoms with van der Waals surface area (Å²) in [5, 5.41) is 2.26. The van der Waals surface area contributed by atoms with Crippen molar-refractivity contribution in [3.8, 4) is 0 Å². The third-order valence-corrected chi connectivity index (χ3v) is 2.51. The van der Waals surface area contributed by atoms with E-state index in [2.05, 4.69) is 15.3 Å². The molecule has 1 fully saturated rings. The molecule has 0 bridgehead atoms. The van der Waals surface area contributed by atoms with Gasteiger partial charge in [0, 0.05) is 25.1 Å². The summed E-state index contributed by atoms with van der Waals surface area (Å²) in [5.74, 6) is 1.18. The van der Waals surface area contributed by atoms with Crippen LogP contribution in [0.4, 0.5) is 10.6 Å². The van der Waals surface area contributed by atoms with Gasteiger partial charge in [0.25, 0.3) is 0 Å². The van der Waals surface area contributed by atoms with Crippen LogP contribution in [-0.2, 0) is 4.79 Å². The van der Waals surface area contributed by atoms with Crippen molar-refractivity contribution in [3.63, 3.8) is 0 Å². The molecule has 6 heteroatoms. The molecule has 0 saturated carbocycles. The van der Waals surface area contributed by atoms with Crippen LogP contribution in [0.2, 0.25) is 0 Å². The SMILES string of the molecule is CC(C)c1nccc(N2CCC(=O)NC2=O)n1. The highest BCUT2D eigenvalue weighted by molar-refractivity contribution is 6.05. The normalized spacial score (nSPS) is 16.3. The standard InChI is InChI=1S/C11H14N4O2/c1-7(2)10-12-5-3-8(13-10)15-6-4-9(16)14-11(15)17/h3,5,7H,4,6H2,1-2H3,(H,14,16,17). The number of urea groups is 1. The third kappa shape index (κ3) is 2.41. The minimum Gasteiger partial charge on any atom is -0.278 e. The van der Waals surface area contributed by atoms with Gasteiger partial charge in [-0.2, -0.15) is 0 Å². The van der Waals surface area contributed by atoms with E-state index in [1.807, 2.05) is 13.8 Å². The smallest absolute Gasteiger partial charge is 0.278 e. The molecule has 0 unspecified atom stereocenters. The Hall–Kier alpha value is -1.98. The van der Waals surface area contributed by atoms with Crippen LogP contribution < -0.4 is 10.2 Å². The van der Waals surface area contributed by atoms with Crippen LogP contribution in [0.3, 0.4) is 0 Å². The predicted molar refractivity (Wildman–Crippen MR) is 61.6 cm³/mol. The first-order valence-corrected chi connectivity index (χ1v) is 5.52. The molecule has 1 aliphatic heterocycles. The fourth-order valence-electron chi connectivity index (χ4n) is 1.58. The number of anilines is 1. The zero-order valence-electron chi connectivity index (χ0n) is 9.80. The molecule has 0 aromatic carbocycles. The van der Waals surface area contributed by atoms with E-state index in [1.165, 1.54) is 4.90 Å². The minimum absolute atomic E-state index is 0.199. The first-order valence-electron chi connectivity index (χ1n) is 5.52. The van der Waals surface area contributed by atoms with Crippen molar-refractivity contribution >= 4 is 17.8 Å². The summed E-state index contributed by atoms with van der Waals surface area (Å²) in [5.41, 5.74) is 0. The number of imide groups is 1. The van der Waals surface area contributed by atoms with Crippen LogP contribution >= 0.6 is 0 Å². The van der Waals surface area contributed by atoms with Gasteiger partial charge in [0.15, 0.2) is 0 Å². The molecule has 0 atom stereocenters. The topological polar surface area (TPSA) is 75.2 Å². The molecule has 1 N–H and O–H groups in total. The lowest BCUT2D eigenvalue weighted by molar-refractivity contribution is -0.120. The minimum atomic E-state index is -0.422. The van der Waals surface area contributed by atoms with Gasteiger partial charge in [0.05, 0.1) is 0 Å². The number of hydrogen-bond donors (Lipinski definition) is 1. The Morgan fingerprint density at radius 3 is 2.82 bits per heavy atom. The first kappa shape index (κ1) is 11.5. The third-order valence-electron chi connectivity index (χ3n) is 2.51. The van der Waals surface area contributed by atoms with Gasteiger partial charge in [-0.1, -0.05) is 13.8 Å². The summed E-state index contributed by atoms with van der Waals surface area (Å²) < 4.78 is 0. The highest BCUT2D eigenvalue weighted by atomic mass is 16.2. The number of carbonyl (C=O) groups is 2. The van der Waals surface area contributed by atoms with Crippen LogP contribution in [0.5, 0.6) is 0 Å². The molecule has 0 radical (unpaired) electrons. The van der Waals surface area contributed by atoms with E-state index in [0.717, 1.165) is 0 Å². The Balaban J connectivity index is 2.25. The highest BCUT2D eigenvalue weighted by Gasteiger charge is 2.25. The lowest BCUT2D eigenvalue weighted by Crippen LogP contribution is -2.50. The van der Waals surface area contributed by atoms with E-state index < -0.39 is 6.03 Å². The van der Waals surface area contributed by atoms with E-state index in [0.29, 0.717) is 24.6 Å². The zero-order chi connectivity index (χ0) is 12.4. The van der Waals surface area contributed by atoms with Crippen LogP contribution in [-0.4, -0.2) is 28.5 Å². The largest absolute Gasteiger partial charge is 0.329 e. The maximum Gasteiger partial charge on any atom is 0.329 e. The van der Waals surface area contributed by atoms with Gasteiger partial charge in [0.1, 0.15) is 11.6 Å². The van der Waals surface area contributed by atoms with E-state index in [-0.39, 0.29) is 11.8 Å². The predicted octanol–water partition coefficient (Wildman–Crippen LogP) is 1.05. The summed E-state index contributed by atoms with van der Waals surface area (Å²) in [6.45, 7) is 4.33. The molecule has 2 rings (SSSR count). The molecule has 90 valence electrons. The summed E-state index contributed by atoms with van der Waals surface area (Å²) in [7, 11) is 0. The number of rotatable bonds is 2. The average molecular weight is 234 g/mol. The molecule has 1 aliphatic rings. The summed E-state index contributed by atoms with van der Waals surface area (Å²) >= 11 is 0. The number of hydrogen-bond acceptors (Lipinski definition) is 4. The summed E-state index contributed by atoms with van der Waals surface area (Å²) in [6.07, 6.45) is 1.92. The number of nitrogens with one attached hydrogen (secondary N) is 1. The molecule has 17 heavy (non-hydrogen) atoms. The zero-order valence-corrected chi connectivity index (χ0v) is 9.80. The van der Waals surface area contributed by atoms with Crippen molar-refractivity contribution in [1.82, 2.24) is 15.3 Å². The quantitative estimate of drug-likeness (QED) is 0.829. The monoisotopic (exact) mass is 234 g/mol. The molecule has 0 spiro atoms. The van der Waals surface area contributed by atoms with Crippen LogP contribution in [0.1, 0.15) is 32.0 Å². The fraction of sp³-hybridized carbons (Fsp3) is 0.455. The van der Waals surface area contributed by atoms with Crippen LogP contribution in [0, 0.1) is 0 Å². The second kappa shape index (κ2) is 4.48. The van der Waals surface area contributed by atoms with E-state index in [9.17, 15) is 9.59 Å². The van der Waals surface area contributed by atoms with Crippen LogP contribution in [0.25, 0.3) is 0 Å². The number of nitrogens with zero attached hydrogens (tertiary/aromatic N) is 3. The maximum absolute atomic E-state index is 11.6. The van der Waals surface area contributed by atoms with Gasteiger partial charge in [-0.25, -0.2) is 14.8 Å². The fourth-order valence-corrected chi connectivity index (χ4v) is 1.58. The van der Waals surface area contributed by atoms with Crippen molar-refractivity contribution in [2.45, 2.75) is 26.2 Å². The molecule has 2 heterocycles. The van der Waals surface area contributed by atoms with Gasteiger partial charge in [-0.15, -0.1) is 0 Å². The van der Waals surface area contributed by atoms with Crippen LogP contribution in [0.15, 0.2) is 12.3 Å². The molecular formula is C11H14N4O2. The molecule has 3 amide bonds. The average Bonchev–Trinajstić information content (AvgIpc) is 2.29. The van der Waals surface area contributed by atoms with Crippen molar-refractivity contribution in [1.29, 1.82) is 0 Å². The molecule has 1 aromatic rings. The summed E-state index contributed by atoms with van der Waals surface area (Å²) in [4.78, 5) is 32.6. The molecular weight excluding hydrogens is 220 g/mol. The Bertz CT molecular complexity index is 459. The Kier molecular flexibility index (Phi) is 3.03. The second-order valence-electron chi connectivity index (χ2n) is 4.18. The van der Waals surface area contributed by atoms with Gasteiger partial charge in [-0.3, -0.25) is 15.0 Å². The van der Waals surface area contributed by atoms with Gasteiger partial charge < -0.3 is 0 Å². The van der Waals surface area contributed by atoms with Crippen molar-refractivity contribution in [2.75, 3.05) is 11.4 Å². The lowest BCUT2D eigenvalue weighted by atomic mass is 10.2. The van der Waals surface area contributed by atoms with Crippen molar-refractivity contribution in [3.05, 3.63) is 18.1 Å². The maximum atomic E-state index is 11.6. The Morgan fingerprint density at radius 2 is 2.18 bits per heavy atom. The summed E-state index contributed by atoms with van der Waals surface area (Å²) in [6, 6.07) is 1.25. The Morgan fingerprint density at radius 1 is 1.41 bits per heavy atom. The Labute approximate surface area is 99.1 Å². The second-order valence-corrected chi connectivity index (χ2v) is 4.18. The number of amides is 3. The lowest BCUT2D eigenvalue weighted by Gasteiger charge is -2.25. The van der Waals surface area contributed by atoms with E-state index in [4.69, 9.17) is 0 Å². The van der Waals surface area contributed by atoms with E-state index in [1.54, 1.807) is 12.3 Å². The number of aromatic nitrogens is 2. The van der Waals surface area contributed by atoms with Crippen molar-refractivity contribution in [2.24, 2.45) is 0 Å². The molecule has 6 nitrogen and oxygen atoms in total. The molecule has 1 saturated heterocycles. The van der Waals surface area contributed by atoms with Crippen molar-refractivity contribution < 1.29 is 9.59 Å². The number of carbonyl (C=O) groups excluding carboxylic acids is 2. The molecule has 1 aromatic heterocycles. The highest BCUT2D eigenvalue weighted by Crippen LogP contribution is 2.16. The van der Waals surface area contributed by atoms with Gasteiger partial charge in [0.2, 0.25) is 5.91 Å². The first-order chi connectivity index (χ1) is 8.08. The van der Waals surface area contributed by atoms with Gasteiger partial charge in [-0.05, 0) is 6.07 Å². The molecule has 0 aliphatic carbocycles. The van der Waals surface area contributed by atoms with Gasteiger partial charge >= 0.3 is 6.03 Å². The van der Waals surface area contributed by atoms with E-state index >= 15 is 0 Å².